The number of carbonyl (C=O) groups excluding carboxylic acids is 2. The van der Waals surface area contributed by atoms with Crippen molar-refractivity contribution in [1.29, 1.82) is 0 Å². The molecule has 1 fully saturated rings. The number of allylic oxidation sites excluding steroid dienone is 2. The van der Waals surface area contributed by atoms with Crippen LogP contribution < -0.4 is 0 Å². The molecule has 1 aliphatic carbocycles. The van der Waals surface area contributed by atoms with Crippen molar-refractivity contribution >= 4 is 32.9 Å². The molecule has 1 saturated heterocycles. The number of nitrogens with zero attached hydrogens (tertiary/aromatic N) is 1. The predicted octanol–water partition coefficient (Wildman–Crippen LogP) is 4.18. The molecule has 0 N–H and O–H groups in total. The maximum absolute atomic E-state index is 13.5. The second kappa shape index (κ2) is 7.17. The van der Waals surface area contributed by atoms with Crippen molar-refractivity contribution in [3.8, 4) is 0 Å². The fourth-order valence-electron chi connectivity index (χ4n) is 4.98. The minimum Gasteiger partial charge on any atom is -0.393 e. The van der Waals surface area contributed by atoms with E-state index in [1.54, 1.807) is 42.6 Å². The molecule has 32 heavy (non-hydrogen) atoms. The lowest BCUT2D eigenvalue weighted by atomic mass is 9.67. The van der Waals surface area contributed by atoms with E-state index in [-0.39, 0.29) is 10.8 Å². The van der Waals surface area contributed by atoms with Gasteiger partial charge in [0.15, 0.2) is 0 Å². The number of aromatic nitrogens is 1. The Morgan fingerprint density at radius 2 is 1.56 bits per heavy atom. The van der Waals surface area contributed by atoms with Gasteiger partial charge in [0.2, 0.25) is 0 Å². The molecule has 0 radical (unpaired) electrons. The van der Waals surface area contributed by atoms with Crippen LogP contribution in [0.5, 0.6) is 0 Å². The van der Waals surface area contributed by atoms with Gasteiger partial charge in [-0.15, -0.1) is 0 Å². The highest BCUT2D eigenvalue weighted by Gasteiger charge is 2.53. The van der Waals surface area contributed by atoms with Crippen molar-refractivity contribution in [2.75, 3.05) is 0 Å². The minimum atomic E-state index is -3.86. The first-order valence-corrected chi connectivity index (χ1v) is 12.0. The quantitative estimate of drug-likeness (QED) is 0.340. The van der Waals surface area contributed by atoms with Crippen molar-refractivity contribution in [2.24, 2.45) is 17.8 Å². The van der Waals surface area contributed by atoms with E-state index in [1.807, 2.05) is 39.0 Å². The number of rotatable bonds is 3. The third-order valence-corrected chi connectivity index (χ3v) is 8.55. The Labute approximate surface area is 186 Å². The Hall–Kier alpha value is -3.19. The van der Waals surface area contributed by atoms with E-state index in [0.29, 0.717) is 11.1 Å². The van der Waals surface area contributed by atoms with Gasteiger partial charge < -0.3 is 4.74 Å². The summed E-state index contributed by atoms with van der Waals surface area (Å²) in [5.41, 5.74) is 3.18. The van der Waals surface area contributed by atoms with Gasteiger partial charge in [-0.25, -0.2) is 12.4 Å². The molecular weight excluding hydrogens is 426 g/mol. The number of esters is 2. The standard InChI is InChI=1S/C25H23NO5S/c1-14-8-10-17(11-9-14)32(29,30)26-13-20(18-6-4-5-7-21(18)26)19-12-15(2)16(3)22-23(19)25(28)31-24(22)27/h4-13,16,19,22-23H,1-3H3/t16?,19?,22-,23+/m0/s1. The van der Waals surface area contributed by atoms with Crippen molar-refractivity contribution in [3.63, 3.8) is 0 Å². The van der Waals surface area contributed by atoms with Crippen LogP contribution >= 0.6 is 0 Å². The zero-order valence-corrected chi connectivity index (χ0v) is 18.8. The predicted molar refractivity (Wildman–Crippen MR) is 119 cm³/mol. The summed E-state index contributed by atoms with van der Waals surface area (Å²) in [6, 6.07) is 13.9. The summed E-state index contributed by atoms with van der Waals surface area (Å²) in [5, 5.41) is 0.734. The molecule has 4 atom stereocenters. The normalized spacial score (nSPS) is 25.5. The van der Waals surface area contributed by atoms with E-state index in [9.17, 15) is 18.0 Å². The van der Waals surface area contributed by atoms with Crippen molar-refractivity contribution < 1.29 is 22.7 Å². The van der Waals surface area contributed by atoms with Crippen LogP contribution in [-0.2, 0) is 24.3 Å². The summed E-state index contributed by atoms with van der Waals surface area (Å²) in [6.07, 6.45) is 3.58. The molecule has 1 aliphatic heterocycles. The van der Waals surface area contributed by atoms with Crippen molar-refractivity contribution in [2.45, 2.75) is 31.6 Å². The molecule has 0 spiro atoms. The first kappa shape index (κ1) is 20.7. The molecule has 0 bridgehead atoms. The summed E-state index contributed by atoms with van der Waals surface area (Å²) in [5.74, 6) is -2.83. The van der Waals surface area contributed by atoms with E-state index in [1.165, 1.54) is 3.97 Å². The van der Waals surface area contributed by atoms with E-state index in [0.717, 1.165) is 16.5 Å². The number of carbonyl (C=O) groups is 2. The van der Waals surface area contributed by atoms with Crippen LogP contribution in [0.2, 0.25) is 0 Å². The maximum atomic E-state index is 13.5. The largest absolute Gasteiger partial charge is 0.393 e. The average molecular weight is 450 g/mol. The van der Waals surface area contributed by atoms with Gasteiger partial charge in [0, 0.05) is 17.5 Å². The molecular formula is C25H23NO5S. The van der Waals surface area contributed by atoms with Crippen LogP contribution in [0, 0.1) is 24.7 Å². The number of ether oxygens (including phenoxy) is 1. The second-order valence-corrected chi connectivity index (χ2v) is 10.5. The number of fused-ring (bicyclic) bond motifs is 2. The Morgan fingerprint density at radius 3 is 2.28 bits per heavy atom. The van der Waals surface area contributed by atoms with E-state index >= 15 is 0 Å². The summed E-state index contributed by atoms with van der Waals surface area (Å²) < 4.78 is 33.3. The number of para-hydroxylation sites is 1. The molecule has 0 saturated carbocycles. The lowest BCUT2D eigenvalue weighted by Gasteiger charge is -2.32. The van der Waals surface area contributed by atoms with Crippen LogP contribution in [0.3, 0.4) is 0 Å². The van der Waals surface area contributed by atoms with Gasteiger partial charge in [-0.05, 0) is 43.5 Å². The van der Waals surface area contributed by atoms with Crippen LogP contribution in [0.1, 0.15) is 30.9 Å². The first-order valence-electron chi connectivity index (χ1n) is 10.6. The molecule has 2 aliphatic rings. The van der Waals surface area contributed by atoms with Gasteiger partial charge in [0.1, 0.15) is 0 Å². The third kappa shape index (κ3) is 2.95. The second-order valence-electron chi connectivity index (χ2n) is 8.73. The zero-order valence-electron chi connectivity index (χ0n) is 18.0. The van der Waals surface area contributed by atoms with Gasteiger partial charge in [-0.3, -0.25) is 9.59 Å². The Morgan fingerprint density at radius 1 is 0.906 bits per heavy atom. The van der Waals surface area contributed by atoms with Gasteiger partial charge >= 0.3 is 11.9 Å². The highest BCUT2D eigenvalue weighted by molar-refractivity contribution is 7.90. The molecule has 7 heteroatoms. The van der Waals surface area contributed by atoms with Gasteiger partial charge in [-0.1, -0.05) is 54.5 Å². The minimum absolute atomic E-state index is 0.111. The number of hydrogen-bond acceptors (Lipinski definition) is 5. The van der Waals surface area contributed by atoms with E-state index in [4.69, 9.17) is 4.74 Å². The monoisotopic (exact) mass is 449 g/mol. The molecule has 2 unspecified atom stereocenters. The number of hydrogen-bond donors (Lipinski definition) is 0. The topological polar surface area (TPSA) is 82.4 Å². The Kier molecular flexibility index (Phi) is 4.64. The number of cyclic esters (lactones) is 2. The fraction of sp³-hybridized carbons (Fsp3) is 0.280. The lowest BCUT2D eigenvalue weighted by Crippen LogP contribution is -2.33. The molecule has 2 heterocycles. The van der Waals surface area contributed by atoms with E-state index < -0.39 is 39.7 Å². The Balaban J connectivity index is 1.73. The highest BCUT2D eigenvalue weighted by atomic mass is 32.2. The smallest absolute Gasteiger partial charge is 0.318 e. The van der Waals surface area contributed by atoms with Gasteiger partial charge in [0.05, 0.1) is 22.2 Å². The molecule has 1 aromatic heterocycles. The summed E-state index contributed by atoms with van der Waals surface area (Å²) in [7, 11) is -3.86. The van der Waals surface area contributed by atoms with Crippen molar-refractivity contribution in [3.05, 3.63) is 77.5 Å². The summed E-state index contributed by atoms with van der Waals surface area (Å²) in [4.78, 5) is 25.3. The summed E-state index contributed by atoms with van der Waals surface area (Å²) >= 11 is 0. The fourth-order valence-corrected chi connectivity index (χ4v) is 6.36. The van der Waals surface area contributed by atoms with Crippen molar-refractivity contribution in [1.82, 2.24) is 3.97 Å². The maximum Gasteiger partial charge on any atom is 0.318 e. The molecule has 164 valence electrons. The molecule has 2 aromatic carbocycles. The molecule has 0 amide bonds. The zero-order chi connectivity index (χ0) is 22.8. The SMILES string of the molecule is CC1=CC(c2cn(S(=O)(=O)c3ccc(C)cc3)c3ccccc23)[C@H]2C(=O)OC(=O)[C@H]2C1C. The van der Waals surface area contributed by atoms with Crippen LogP contribution in [-0.4, -0.2) is 24.3 Å². The first-order chi connectivity index (χ1) is 15.2. The van der Waals surface area contributed by atoms with Crippen LogP contribution in [0.25, 0.3) is 10.9 Å². The number of benzene rings is 2. The molecule has 3 aromatic rings. The van der Waals surface area contributed by atoms with E-state index in [2.05, 4.69) is 0 Å². The average Bonchev–Trinajstić information content (AvgIpc) is 3.29. The highest BCUT2D eigenvalue weighted by Crippen LogP contribution is 2.49. The number of aryl methyl sites for hydroxylation is 1. The third-order valence-electron chi connectivity index (χ3n) is 6.86. The van der Waals surface area contributed by atoms with Crippen LogP contribution in [0.15, 0.2) is 71.3 Å². The molecule has 6 nitrogen and oxygen atoms in total. The lowest BCUT2D eigenvalue weighted by molar-refractivity contribution is -0.154. The summed E-state index contributed by atoms with van der Waals surface area (Å²) in [6.45, 7) is 5.76. The van der Waals surface area contributed by atoms with Gasteiger partial charge in [0.25, 0.3) is 10.0 Å². The van der Waals surface area contributed by atoms with Crippen LogP contribution in [0.4, 0.5) is 0 Å². The van der Waals surface area contributed by atoms with Gasteiger partial charge in [-0.2, -0.15) is 0 Å². The molecule has 5 rings (SSSR count). The Bertz CT molecular complexity index is 1400.